The number of hydrogen-bond donors (Lipinski definition) is 1. The van der Waals surface area contributed by atoms with E-state index in [1.165, 1.54) is 32.1 Å². The molecule has 2 aliphatic rings. The lowest BCUT2D eigenvalue weighted by Crippen LogP contribution is -2.51. The third kappa shape index (κ3) is 3.97. The van der Waals surface area contributed by atoms with Gasteiger partial charge in [-0.05, 0) is 48.8 Å². The maximum absolute atomic E-state index is 13.0. The molecule has 1 unspecified atom stereocenters. The monoisotopic (exact) mass is 345 g/mol. The smallest absolute Gasteiger partial charge is 0.341 e. The second kappa shape index (κ2) is 7.46. The van der Waals surface area contributed by atoms with Crippen LogP contribution < -0.4 is 4.74 Å². The van der Waals surface area contributed by atoms with Crippen molar-refractivity contribution in [1.29, 1.82) is 0 Å². The molecule has 1 atom stereocenters. The number of carboxylic acid groups (broad SMARTS) is 1. The van der Waals surface area contributed by atoms with Crippen LogP contribution in [-0.2, 0) is 4.79 Å². The molecule has 0 aromatic heterocycles. The first-order chi connectivity index (χ1) is 12.0. The van der Waals surface area contributed by atoms with Gasteiger partial charge in [-0.25, -0.2) is 4.79 Å². The van der Waals surface area contributed by atoms with E-state index in [1.54, 1.807) is 24.3 Å². The highest BCUT2D eigenvalue weighted by atomic mass is 16.5. The van der Waals surface area contributed by atoms with Crippen LogP contribution in [0.2, 0.25) is 0 Å². The third-order valence-electron chi connectivity index (χ3n) is 5.96. The molecule has 3 rings (SSSR count). The van der Waals surface area contributed by atoms with Crippen LogP contribution in [0.15, 0.2) is 24.3 Å². The minimum Gasteiger partial charge on any atom is -0.482 e. The van der Waals surface area contributed by atoms with Crippen LogP contribution in [0, 0.1) is 11.3 Å². The van der Waals surface area contributed by atoms with Crippen molar-refractivity contribution in [3.05, 3.63) is 29.8 Å². The predicted octanol–water partition coefficient (Wildman–Crippen LogP) is 3.58. The number of piperidine rings is 1. The van der Waals surface area contributed by atoms with Crippen molar-refractivity contribution in [2.45, 2.75) is 45.4 Å². The van der Waals surface area contributed by atoms with Gasteiger partial charge in [0, 0.05) is 18.7 Å². The van der Waals surface area contributed by atoms with Gasteiger partial charge < -0.3 is 14.7 Å². The van der Waals surface area contributed by atoms with Crippen LogP contribution in [0.3, 0.4) is 0 Å². The molecule has 136 valence electrons. The number of benzene rings is 1. The zero-order chi connectivity index (χ0) is 17.9. The standard InChI is InChI=1S/C20H27NO4/c1-15-8-11-21(14-20(15)9-3-2-4-10-20)19(24)16-6-5-7-17(12-16)25-13-18(22)23/h5-7,12,15H,2-4,8-11,13-14H2,1H3,(H,22,23). The van der Waals surface area contributed by atoms with Crippen LogP contribution in [0.1, 0.15) is 55.8 Å². The van der Waals surface area contributed by atoms with Gasteiger partial charge in [0.15, 0.2) is 6.61 Å². The fraction of sp³-hybridized carbons (Fsp3) is 0.600. The molecule has 2 fully saturated rings. The van der Waals surface area contributed by atoms with E-state index in [9.17, 15) is 9.59 Å². The zero-order valence-electron chi connectivity index (χ0n) is 14.9. The van der Waals surface area contributed by atoms with Gasteiger partial charge in [-0.15, -0.1) is 0 Å². The summed E-state index contributed by atoms with van der Waals surface area (Å²) in [5.41, 5.74) is 0.854. The summed E-state index contributed by atoms with van der Waals surface area (Å²) >= 11 is 0. The SMILES string of the molecule is CC1CCN(C(=O)c2cccc(OCC(=O)O)c2)CC12CCCCC2. The molecule has 1 heterocycles. The Hall–Kier alpha value is -2.04. The average Bonchev–Trinajstić information content (AvgIpc) is 2.63. The summed E-state index contributed by atoms with van der Waals surface area (Å²) in [5.74, 6) is 0.0895. The fourth-order valence-electron chi connectivity index (χ4n) is 4.40. The van der Waals surface area contributed by atoms with E-state index in [2.05, 4.69) is 6.92 Å². The molecular formula is C20H27NO4. The van der Waals surface area contributed by atoms with E-state index in [0.29, 0.717) is 17.2 Å². The summed E-state index contributed by atoms with van der Waals surface area (Å²) in [5, 5.41) is 8.72. The molecule has 5 nitrogen and oxygen atoms in total. The topological polar surface area (TPSA) is 66.8 Å². The van der Waals surface area contributed by atoms with Crippen molar-refractivity contribution in [3.63, 3.8) is 0 Å². The quantitative estimate of drug-likeness (QED) is 0.906. The molecular weight excluding hydrogens is 318 g/mol. The average molecular weight is 345 g/mol. The Morgan fingerprint density at radius 1 is 1.28 bits per heavy atom. The van der Waals surface area contributed by atoms with Crippen molar-refractivity contribution in [1.82, 2.24) is 4.90 Å². The minimum atomic E-state index is -1.03. The van der Waals surface area contributed by atoms with Crippen LogP contribution in [0.4, 0.5) is 0 Å². The number of carboxylic acids is 1. The lowest BCUT2D eigenvalue weighted by atomic mass is 9.63. The summed E-state index contributed by atoms with van der Waals surface area (Å²) in [7, 11) is 0. The minimum absolute atomic E-state index is 0.0256. The van der Waals surface area contributed by atoms with Crippen molar-refractivity contribution in [2.24, 2.45) is 11.3 Å². The summed E-state index contributed by atoms with van der Waals surface area (Å²) in [6.45, 7) is 3.57. The lowest BCUT2D eigenvalue weighted by Gasteiger charge is -2.49. The molecule has 1 aliphatic carbocycles. The van der Waals surface area contributed by atoms with Crippen LogP contribution in [-0.4, -0.2) is 41.6 Å². The van der Waals surface area contributed by atoms with Gasteiger partial charge in [0.25, 0.3) is 5.91 Å². The number of rotatable bonds is 4. The van der Waals surface area contributed by atoms with E-state index >= 15 is 0 Å². The van der Waals surface area contributed by atoms with Gasteiger partial charge in [0.2, 0.25) is 0 Å². The first-order valence-corrected chi connectivity index (χ1v) is 9.24. The molecule has 1 aliphatic heterocycles. The molecule has 0 bridgehead atoms. The van der Waals surface area contributed by atoms with Gasteiger partial charge in [-0.3, -0.25) is 4.79 Å². The molecule has 1 aromatic carbocycles. The summed E-state index contributed by atoms with van der Waals surface area (Å²) in [6, 6.07) is 6.85. The molecule has 1 saturated heterocycles. The van der Waals surface area contributed by atoms with Gasteiger partial charge in [0.1, 0.15) is 5.75 Å². The molecule has 1 spiro atoms. The number of nitrogens with zero attached hydrogens (tertiary/aromatic N) is 1. The maximum Gasteiger partial charge on any atom is 0.341 e. The Bertz CT molecular complexity index is 636. The normalized spacial score (nSPS) is 22.6. The summed E-state index contributed by atoms with van der Waals surface area (Å²) < 4.78 is 5.20. The van der Waals surface area contributed by atoms with E-state index in [0.717, 1.165) is 19.5 Å². The molecule has 1 amide bonds. The van der Waals surface area contributed by atoms with Crippen molar-refractivity contribution >= 4 is 11.9 Å². The van der Waals surface area contributed by atoms with Crippen LogP contribution >= 0.6 is 0 Å². The number of carbonyl (C=O) groups excluding carboxylic acids is 1. The van der Waals surface area contributed by atoms with Gasteiger partial charge in [0.05, 0.1) is 0 Å². The summed E-state index contributed by atoms with van der Waals surface area (Å²) in [4.78, 5) is 25.6. The zero-order valence-corrected chi connectivity index (χ0v) is 14.9. The number of likely N-dealkylation sites (tertiary alicyclic amines) is 1. The van der Waals surface area contributed by atoms with Gasteiger partial charge >= 0.3 is 5.97 Å². The van der Waals surface area contributed by atoms with E-state index < -0.39 is 12.6 Å². The van der Waals surface area contributed by atoms with Crippen molar-refractivity contribution in [2.75, 3.05) is 19.7 Å². The Morgan fingerprint density at radius 2 is 2.04 bits per heavy atom. The van der Waals surface area contributed by atoms with E-state index in [1.807, 2.05) is 4.90 Å². The molecule has 1 N–H and O–H groups in total. The highest BCUT2D eigenvalue weighted by Crippen LogP contribution is 2.47. The number of aliphatic carboxylic acids is 1. The first kappa shape index (κ1) is 17.8. The maximum atomic E-state index is 13.0. The second-order valence-corrected chi connectivity index (χ2v) is 7.55. The predicted molar refractivity (Wildman–Crippen MR) is 94.8 cm³/mol. The highest BCUT2D eigenvalue weighted by molar-refractivity contribution is 5.94. The first-order valence-electron chi connectivity index (χ1n) is 9.24. The molecule has 0 radical (unpaired) electrons. The van der Waals surface area contributed by atoms with Crippen LogP contribution in [0.5, 0.6) is 5.75 Å². The fourth-order valence-corrected chi connectivity index (χ4v) is 4.40. The lowest BCUT2D eigenvalue weighted by molar-refractivity contribution is -0.139. The number of amides is 1. The number of ether oxygens (including phenoxy) is 1. The Balaban J connectivity index is 1.72. The number of hydrogen-bond acceptors (Lipinski definition) is 3. The van der Waals surface area contributed by atoms with E-state index in [-0.39, 0.29) is 11.3 Å². The van der Waals surface area contributed by atoms with Gasteiger partial charge in [-0.1, -0.05) is 32.3 Å². The third-order valence-corrected chi connectivity index (χ3v) is 5.96. The van der Waals surface area contributed by atoms with Gasteiger partial charge in [-0.2, -0.15) is 0 Å². The van der Waals surface area contributed by atoms with Crippen molar-refractivity contribution < 1.29 is 19.4 Å². The highest BCUT2D eigenvalue weighted by Gasteiger charge is 2.42. The summed E-state index contributed by atoms with van der Waals surface area (Å²) in [6.07, 6.45) is 7.35. The molecule has 1 aromatic rings. The second-order valence-electron chi connectivity index (χ2n) is 7.55. The molecule has 1 saturated carbocycles. The Labute approximate surface area is 149 Å². The number of carbonyl (C=O) groups is 2. The molecule has 5 heteroatoms. The van der Waals surface area contributed by atoms with Crippen LogP contribution in [0.25, 0.3) is 0 Å². The van der Waals surface area contributed by atoms with Crippen molar-refractivity contribution in [3.8, 4) is 5.75 Å². The Kier molecular flexibility index (Phi) is 5.30. The van der Waals surface area contributed by atoms with E-state index in [4.69, 9.17) is 9.84 Å². The largest absolute Gasteiger partial charge is 0.482 e. The Morgan fingerprint density at radius 3 is 2.76 bits per heavy atom. The molecule has 25 heavy (non-hydrogen) atoms.